The van der Waals surface area contributed by atoms with Crippen molar-refractivity contribution < 1.29 is 14.3 Å². The standard InChI is InChI=1S/C24H27N3O3S/c1-5-30-23(29)21-17(4)25-24(27-22(21)18-9-7-6-8-10-18)31-14-20(28)26-19-13-15(2)11-12-16(19)3/h6-13,22H,5,14H2,1-4H3,(H,25,27)(H,26,28)/t22-/m0/s1. The molecule has 0 aliphatic carbocycles. The number of amidine groups is 1. The summed E-state index contributed by atoms with van der Waals surface area (Å²) in [5.41, 5.74) is 4.97. The minimum Gasteiger partial charge on any atom is -0.463 e. The first kappa shape index (κ1) is 22.6. The number of hydrogen-bond acceptors (Lipinski definition) is 6. The lowest BCUT2D eigenvalue weighted by Crippen LogP contribution is -2.31. The van der Waals surface area contributed by atoms with Crippen LogP contribution in [-0.4, -0.2) is 29.4 Å². The molecule has 1 aliphatic rings. The minimum atomic E-state index is -0.480. The maximum absolute atomic E-state index is 12.6. The molecular formula is C24H27N3O3S. The van der Waals surface area contributed by atoms with Gasteiger partial charge in [-0.2, -0.15) is 0 Å². The van der Waals surface area contributed by atoms with Gasteiger partial charge in [0.25, 0.3) is 0 Å². The van der Waals surface area contributed by atoms with Crippen LogP contribution >= 0.6 is 11.8 Å². The highest BCUT2D eigenvalue weighted by atomic mass is 32.2. The Kier molecular flexibility index (Phi) is 7.52. The van der Waals surface area contributed by atoms with Gasteiger partial charge in [-0.05, 0) is 50.5 Å². The molecule has 3 rings (SSSR count). The molecule has 2 aromatic carbocycles. The van der Waals surface area contributed by atoms with Gasteiger partial charge in [-0.1, -0.05) is 54.2 Å². The zero-order valence-corrected chi connectivity index (χ0v) is 19.0. The summed E-state index contributed by atoms with van der Waals surface area (Å²) in [4.78, 5) is 29.8. The van der Waals surface area contributed by atoms with E-state index in [-0.39, 0.29) is 17.6 Å². The third-order valence-corrected chi connectivity index (χ3v) is 5.72. The van der Waals surface area contributed by atoms with Crippen LogP contribution in [0.4, 0.5) is 5.69 Å². The van der Waals surface area contributed by atoms with Crippen LogP contribution in [0.1, 0.15) is 36.6 Å². The first-order valence-electron chi connectivity index (χ1n) is 10.2. The van der Waals surface area contributed by atoms with Crippen LogP contribution in [0.2, 0.25) is 0 Å². The number of anilines is 1. The fourth-order valence-corrected chi connectivity index (χ4v) is 4.01. The van der Waals surface area contributed by atoms with Crippen LogP contribution in [0.3, 0.4) is 0 Å². The van der Waals surface area contributed by atoms with Crippen molar-refractivity contribution in [3.63, 3.8) is 0 Å². The van der Waals surface area contributed by atoms with E-state index in [0.717, 1.165) is 22.4 Å². The Hall–Kier alpha value is -3.06. The average molecular weight is 438 g/mol. The van der Waals surface area contributed by atoms with E-state index in [1.54, 1.807) is 6.92 Å². The first-order chi connectivity index (χ1) is 14.9. The molecule has 0 spiro atoms. The summed E-state index contributed by atoms with van der Waals surface area (Å²) in [7, 11) is 0. The Balaban J connectivity index is 1.75. The second-order valence-corrected chi connectivity index (χ2v) is 8.25. The van der Waals surface area contributed by atoms with Crippen LogP contribution in [-0.2, 0) is 14.3 Å². The van der Waals surface area contributed by atoms with E-state index < -0.39 is 6.04 Å². The number of carbonyl (C=O) groups is 2. The number of hydrogen-bond donors (Lipinski definition) is 2. The Morgan fingerprint density at radius 2 is 1.87 bits per heavy atom. The van der Waals surface area contributed by atoms with Gasteiger partial charge in [-0.3, -0.25) is 4.79 Å². The molecule has 0 fully saturated rings. The Morgan fingerprint density at radius 1 is 1.13 bits per heavy atom. The van der Waals surface area contributed by atoms with Crippen molar-refractivity contribution in [2.75, 3.05) is 17.7 Å². The number of allylic oxidation sites excluding steroid dienone is 1. The summed E-state index contributed by atoms with van der Waals surface area (Å²) in [5.74, 6) is -0.304. The van der Waals surface area contributed by atoms with E-state index >= 15 is 0 Å². The summed E-state index contributed by atoms with van der Waals surface area (Å²) < 4.78 is 5.25. The topological polar surface area (TPSA) is 79.8 Å². The van der Waals surface area contributed by atoms with Gasteiger partial charge in [0.2, 0.25) is 5.91 Å². The largest absolute Gasteiger partial charge is 0.463 e. The first-order valence-corrected chi connectivity index (χ1v) is 11.1. The number of aryl methyl sites for hydroxylation is 2. The highest BCUT2D eigenvalue weighted by Crippen LogP contribution is 2.32. The van der Waals surface area contributed by atoms with Gasteiger partial charge in [0.15, 0.2) is 5.17 Å². The number of amides is 1. The Labute approximate surface area is 187 Å². The number of ether oxygens (including phenoxy) is 1. The SMILES string of the molecule is CCOC(=O)C1=C(C)NC(SCC(=O)Nc2cc(C)ccc2C)=N[C@H]1c1ccccc1. The molecule has 7 heteroatoms. The molecule has 1 atom stereocenters. The van der Waals surface area contributed by atoms with Crippen molar-refractivity contribution in [3.05, 3.63) is 76.5 Å². The summed E-state index contributed by atoms with van der Waals surface area (Å²) in [6, 6.07) is 15.1. The summed E-state index contributed by atoms with van der Waals surface area (Å²) in [6.45, 7) is 7.85. The molecule has 0 unspecified atom stereocenters. The van der Waals surface area contributed by atoms with E-state index in [1.165, 1.54) is 11.8 Å². The highest BCUT2D eigenvalue weighted by Gasteiger charge is 2.30. The molecule has 0 saturated carbocycles. The van der Waals surface area contributed by atoms with Gasteiger partial charge in [-0.15, -0.1) is 0 Å². The van der Waals surface area contributed by atoms with E-state index in [2.05, 4.69) is 10.6 Å². The second kappa shape index (κ2) is 10.3. The van der Waals surface area contributed by atoms with Crippen LogP contribution in [0, 0.1) is 13.8 Å². The number of rotatable bonds is 6. The third kappa shape index (κ3) is 5.76. The van der Waals surface area contributed by atoms with E-state index in [9.17, 15) is 9.59 Å². The molecule has 1 aliphatic heterocycles. The fraction of sp³-hybridized carbons (Fsp3) is 0.292. The quantitative estimate of drug-likeness (QED) is 0.650. The van der Waals surface area contributed by atoms with E-state index in [0.29, 0.717) is 23.0 Å². The smallest absolute Gasteiger partial charge is 0.338 e. The summed E-state index contributed by atoms with van der Waals surface area (Å²) in [6.07, 6.45) is 0. The van der Waals surface area contributed by atoms with Crippen LogP contribution in [0.5, 0.6) is 0 Å². The molecule has 6 nitrogen and oxygen atoms in total. The van der Waals surface area contributed by atoms with Gasteiger partial charge < -0.3 is 15.4 Å². The lowest BCUT2D eigenvalue weighted by Gasteiger charge is -2.25. The molecule has 0 saturated heterocycles. The van der Waals surface area contributed by atoms with Gasteiger partial charge in [-0.25, -0.2) is 9.79 Å². The zero-order valence-electron chi connectivity index (χ0n) is 18.2. The average Bonchev–Trinajstić information content (AvgIpc) is 2.75. The van der Waals surface area contributed by atoms with E-state index in [1.807, 2.05) is 69.3 Å². The van der Waals surface area contributed by atoms with Gasteiger partial charge in [0.05, 0.1) is 17.9 Å². The molecule has 31 heavy (non-hydrogen) atoms. The van der Waals surface area contributed by atoms with Crippen molar-refractivity contribution in [1.82, 2.24) is 5.32 Å². The molecule has 1 heterocycles. The predicted molar refractivity (Wildman–Crippen MR) is 126 cm³/mol. The van der Waals surface area contributed by atoms with Crippen molar-refractivity contribution in [3.8, 4) is 0 Å². The zero-order chi connectivity index (χ0) is 22.4. The number of thioether (sulfide) groups is 1. The second-order valence-electron chi connectivity index (χ2n) is 7.29. The number of aliphatic imine (C=N–C) groups is 1. The number of nitrogens with one attached hydrogen (secondary N) is 2. The van der Waals surface area contributed by atoms with Crippen molar-refractivity contribution in [1.29, 1.82) is 0 Å². The molecule has 2 aromatic rings. The lowest BCUT2D eigenvalue weighted by molar-refractivity contribution is -0.139. The van der Waals surface area contributed by atoms with Gasteiger partial charge in [0, 0.05) is 11.4 Å². The number of nitrogens with zero attached hydrogens (tertiary/aromatic N) is 1. The van der Waals surface area contributed by atoms with Crippen LogP contribution in [0.15, 0.2) is 64.8 Å². The van der Waals surface area contributed by atoms with Gasteiger partial charge in [0.1, 0.15) is 6.04 Å². The van der Waals surface area contributed by atoms with Crippen molar-refractivity contribution >= 4 is 34.5 Å². The number of carbonyl (C=O) groups excluding carboxylic acids is 2. The maximum atomic E-state index is 12.6. The molecule has 0 aromatic heterocycles. The van der Waals surface area contributed by atoms with Gasteiger partial charge >= 0.3 is 5.97 Å². The van der Waals surface area contributed by atoms with Crippen LogP contribution < -0.4 is 10.6 Å². The molecule has 0 radical (unpaired) electrons. The lowest BCUT2D eigenvalue weighted by atomic mass is 9.97. The molecular weight excluding hydrogens is 410 g/mol. The Morgan fingerprint density at radius 3 is 2.58 bits per heavy atom. The van der Waals surface area contributed by atoms with Crippen molar-refractivity contribution in [2.24, 2.45) is 4.99 Å². The molecule has 2 N–H and O–H groups in total. The van der Waals surface area contributed by atoms with E-state index in [4.69, 9.17) is 9.73 Å². The van der Waals surface area contributed by atoms with Crippen LogP contribution in [0.25, 0.3) is 0 Å². The maximum Gasteiger partial charge on any atom is 0.338 e. The predicted octanol–water partition coefficient (Wildman–Crippen LogP) is 4.51. The third-order valence-electron chi connectivity index (χ3n) is 4.84. The fourth-order valence-electron chi connectivity index (χ4n) is 3.26. The summed E-state index contributed by atoms with van der Waals surface area (Å²) in [5, 5.41) is 6.71. The number of esters is 1. The molecule has 1 amide bonds. The monoisotopic (exact) mass is 437 g/mol. The minimum absolute atomic E-state index is 0.114. The molecule has 0 bridgehead atoms. The van der Waals surface area contributed by atoms with Crippen molar-refractivity contribution in [2.45, 2.75) is 33.7 Å². The normalized spacial score (nSPS) is 15.7. The Bertz CT molecular complexity index is 1030. The number of benzene rings is 2. The highest BCUT2D eigenvalue weighted by molar-refractivity contribution is 8.14. The summed E-state index contributed by atoms with van der Waals surface area (Å²) >= 11 is 1.30. The molecule has 162 valence electrons.